The lowest BCUT2D eigenvalue weighted by molar-refractivity contribution is 1.29. The van der Waals surface area contributed by atoms with E-state index in [2.05, 4.69) is 161 Å². The molecular formula is C41H28N4S. The van der Waals surface area contributed by atoms with Crippen LogP contribution in [0.2, 0.25) is 0 Å². The first-order chi connectivity index (χ1) is 22.7. The van der Waals surface area contributed by atoms with E-state index in [1.165, 1.54) is 26.9 Å². The molecule has 0 aromatic heterocycles. The van der Waals surface area contributed by atoms with E-state index in [1.54, 1.807) is 0 Å². The molecule has 0 amide bonds. The number of rotatable bonds is 7. The standard InChI is InChI=1S/C41H28N4S/c42-27-28-8-7-13-35(26-28)45(34-20-18-31(43-46)19-21-34)39-25-17-30-14-22-36-38(24-16-29-15-23-37(39)41(30)40(29)36)44(32-9-3-1-4-10-32)33-11-5-2-6-12-33/h1-26,43,46H. The molecule has 0 saturated carbocycles. The van der Waals surface area contributed by atoms with Gasteiger partial charge in [0.25, 0.3) is 0 Å². The summed E-state index contributed by atoms with van der Waals surface area (Å²) in [5.74, 6) is 0. The van der Waals surface area contributed by atoms with Crippen molar-refractivity contribution in [2.75, 3.05) is 14.5 Å². The highest BCUT2D eigenvalue weighted by Gasteiger charge is 2.21. The van der Waals surface area contributed by atoms with Crippen molar-refractivity contribution in [1.82, 2.24) is 0 Å². The van der Waals surface area contributed by atoms with Gasteiger partial charge in [0.2, 0.25) is 0 Å². The van der Waals surface area contributed by atoms with Crippen LogP contribution in [0.4, 0.5) is 39.8 Å². The largest absolute Gasteiger partial charge is 0.332 e. The van der Waals surface area contributed by atoms with Crippen molar-refractivity contribution in [1.29, 1.82) is 5.26 Å². The molecule has 0 aliphatic carbocycles. The van der Waals surface area contributed by atoms with E-state index in [0.717, 1.165) is 45.2 Å². The fourth-order valence-electron chi connectivity index (χ4n) is 6.57. The zero-order chi connectivity index (χ0) is 31.0. The lowest BCUT2D eigenvalue weighted by Crippen LogP contribution is -2.11. The van der Waals surface area contributed by atoms with E-state index in [0.29, 0.717) is 5.56 Å². The van der Waals surface area contributed by atoms with Crippen molar-refractivity contribution in [2.45, 2.75) is 0 Å². The number of hydrogen-bond donors (Lipinski definition) is 2. The van der Waals surface area contributed by atoms with Crippen LogP contribution in [0.15, 0.2) is 158 Å². The number of anilines is 7. The molecule has 0 saturated heterocycles. The highest BCUT2D eigenvalue weighted by Crippen LogP contribution is 2.47. The van der Waals surface area contributed by atoms with Gasteiger partial charge in [-0.05, 0) is 100 Å². The van der Waals surface area contributed by atoms with Gasteiger partial charge in [0.1, 0.15) is 0 Å². The third kappa shape index (κ3) is 4.64. The second-order valence-corrected chi connectivity index (χ2v) is 11.5. The summed E-state index contributed by atoms with van der Waals surface area (Å²) in [5, 5.41) is 16.9. The SMILES string of the molecule is N#Cc1cccc(N(c2ccc(NS)cc2)c2ccc3ccc4c(N(c5ccccc5)c5ccccc5)ccc5ccc2c3c54)c1. The first-order valence-corrected chi connectivity index (χ1v) is 15.6. The summed E-state index contributed by atoms with van der Waals surface area (Å²) in [6.45, 7) is 0. The zero-order valence-corrected chi connectivity index (χ0v) is 25.7. The lowest BCUT2D eigenvalue weighted by Gasteiger charge is -2.29. The number of para-hydroxylation sites is 2. The van der Waals surface area contributed by atoms with E-state index in [4.69, 9.17) is 0 Å². The third-order valence-corrected chi connectivity index (χ3v) is 8.88. The van der Waals surface area contributed by atoms with Gasteiger partial charge in [-0.2, -0.15) is 5.26 Å². The fraction of sp³-hybridized carbons (Fsp3) is 0. The van der Waals surface area contributed by atoms with E-state index in [9.17, 15) is 5.26 Å². The Morgan fingerprint density at radius 3 is 1.48 bits per heavy atom. The number of nitrogens with one attached hydrogen (secondary N) is 1. The predicted molar refractivity (Wildman–Crippen MR) is 197 cm³/mol. The fourth-order valence-corrected chi connectivity index (χ4v) is 6.72. The molecule has 8 aromatic carbocycles. The van der Waals surface area contributed by atoms with Crippen LogP contribution < -0.4 is 14.5 Å². The first kappa shape index (κ1) is 27.6. The van der Waals surface area contributed by atoms with Gasteiger partial charge in [-0.25, -0.2) is 0 Å². The van der Waals surface area contributed by atoms with Crippen LogP contribution in [0.1, 0.15) is 5.56 Å². The van der Waals surface area contributed by atoms with Crippen molar-refractivity contribution in [3.8, 4) is 6.07 Å². The molecule has 0 spiro atoms. The molecule has 0 bridgehead atoms. The molecule has 46 heavy (non-hydrogen) atoms. The van der Waals surface area contributed by atoms with E-state index in [1.807, 2.05) is 30.3 Å². The van der Waals surface area contributed by atoms with E-state index < -0.39 is 0 Å². The molecule has 0 unspecified atom stereocenters. The average molecular weight is 609 g/mol. The monoisotopic (exact) mass is 608 g/mol. The summed E-state index contributed by atoms with van der Waals surface area (Å²) >= 11 is 4.23. The molecule has 218 valence electrons. The molecule has 0 heterocycles. The lowest BCUT2D eigenvalue weighted by atomic mass is 9.91. The van der Waals surface area contributed by atoms with Crippen LogP contribution in [-0.2, 0) is 0 Å². The molecular weight excluding hydrogens is 581 g/mol. The molecule has 4 nitrogen and oxygen atoms in total. The van der Waals surface area contributed by atoms with Crippen molar-refractivity contribution < 1.29 is 0 Å². The summed E-state index contributed by atoms with van der Waals surface area (Å²) in [6.07, 6.45) is 0. The Kier molecular flexibility index (Phi) is 6.90. The number of hydrogen-bond acceptors (Lipinski definition) is 5. The summed E-state index contributed by atoms with van der Waals surface area (Å²) in [7, 11) is 0. The summed E-state index contributed by atoms with van der Waals surface area (Å²) in [6, 6.07) is 57.2. The van der Waals surface area contributed by atoms with Gasteiger partial charge in [0, 0.05) is 39.2 Å². The van der Waals surface area contributed by atoms with Gasteiger partial charge in [-0.1, -0.05) is 91.7 Å². The minimum atomic E-state index is 0.611. The van der Waals surface area contributed by atoms with Crippen LogP contribution in [0.5, 0.6) is 0 Å². The molecule has 0 aliphatic rings. The van der Waals surface area contributed by atoms with Gasteiger partial charge >= 0.3 is 0 Å². The molecule has 8 aromatic rings. The first-order valence-electron chi connectivity index (χ1n) is 15.1. The molecule has 0 fully saturated rings. The van der Waals surface area contributed by atoms with Crippen molar-refractivity contribution in [3.05, 3.63) is 163 Å². The number of nitriles is 1. The normalized spacial score (nSPS) is 11.1. The quantitative estimate of drug-likeness (QED) is 0.140. The van der Waals surface area contributed by atoms with E-state index >= 15 is 0 Å². The highest BCUT2D eigenvalue weighted by molar-refractivity contribution is 7.81. The molecule has 5 heteroatoms. The summed E-state index contributed by atoms with van der Waals surface area (Å²) < 4.78 is 2.92. The molecule has 0 atom stereocenters. The zero-order valence-electron chi connectivity index (χ0n) is 24.8. The van der Waals surface area contributed by atoms with Gasteiger partial charge in [0.05, 0.1) is 23.0 Å². The van der Waals surface area contributed by atoms with Crippen LogP contribution in [0.3, 0.4) is 0 Å². The Balaban J connectivity index is 1.40. The Hall–Kier alpha value is -5.96. The molecule has 0 aliphatic heterocycles. The third-order valence-electron chi connectivity index (χ3n) is 8.62. The Morgan fingerprint density at radius 1 is 0.478 bits per heavy atom. The maximum absolute atomic E-state index is 9.76. The van der Waals surface area contributed by atoms with Crippen LogP contribution in [0.25, 0.3) is 32.3 Å². The predicted octanol–water partition coefficient (Wildman–Crippen LogP) is 11.7. The van der Waals surface area contributed by atoms with Gasteiger partial charge in [-0.3, -0.25) is 0 Å². The minimum absolute atomic E-state index is 0.611. The van der Waals surface area contributed by atoms with Gasteiger partial charge in [-0.15, -0.1) is 0 Å². The topological polar surface area (TPSA) is 42.3 Å². The average Bonchev–Trinajstić information content (AvgIpc) is 3.13. The number of thiol groups is 1. The van der Waals surface area contributed by atoms with Crippen LogP contribution in [-0.4, -0.2) is 0 Å². The molecule has 8 rings (SSSR count). The van der Waals surface area contributed by atoms with Crippen LogP contribution >= 0.6 is 12.8 Å². The van der Waals surface area contributed by atoms with Crippen molar-refractivity contribution >= 4 is 84.9 Å². The van der Waals surface area contributed by atoms with E-state index in [-0.39, 0.29) is 0 Å². The Morgan fingerprint density at radius 2 is 0.957 bits per heavy atom. The Labute approximate surface area is 273 Å². The van der Waals surface area contributed by atoms with Crippen molar-refractivity contribution in [2.24, 2.45) is 0 Å². The maximum Gasteiger partial charge on any atom is 0.0992 e. The second kappa shape index (κ2) is 11.5. The molecule has 0 radical (unpaired) electrons. The van der Waals surface area contributed by atoms with Gasteiger partial charge in [0.15, 0.2) is 0 Å². The second-order valence-electron chi connectivity index (χ2n) is 11.3. The highest BCUT2D eigenvalue weighted by atomic mass is 32.1. The molecule has 1 N–H and O–H groups in total. The van der Waals surface area contributed by atoms with Crippen LogP contribution in [0, 0.1) is 11.3 Å². The van der Waals surface area contributed by atoms with Gasteiger partial charge < -0.3 is 14.5 Å². The number of benzene rings is 8. The minimum Gasteiger partial charge on any atom is -0.332 e. The maximum atomic E-state index is 9.76. The summed E-state index contributed by atoms with van der Waals surface area (Å²) in [5.41, 5.74) is 7.79. The smallest absolute Gasteiger partial charge is 0.0992 e. The summed E-state index contributed by atoms with van der Waals surface area (Å²) in [4.78, 5) is 4.57. The number of nitrogens with zero attached hydrogens (tertiary/aromatic N) is 3. The Bertz CT molecular complexity index is 2320. The van der Waals surface area contributed by atoms with Crippen molar-refractivity contribution in [3.63, 3.8) is 0 Å².